The van der Waals surface area contributed by atoms with Crippen molar-refractivity contribution in [1.82, 2.24) is 10.3 Å². The summed E-state index contributed by atoms with van der Waals surface area (Å²) in [6, 6.07) is 2.10. The molecule has 6 nitrogen and oxygen atoms in total. The summed E-state index contributed by atoms with van der Waals surface area (Å²) in [5.74, 6) is -0.440. The van der Waals surface area contributed by atoms with Crippen molar-refractivity contribution >= 4 is 34.4 Å². The highest BCUT2D eigenvalue weighted by molar-refractivity contribution is 7.14. The second kappa shape index (κ2) is 7.88. The number of carbonyl (C=O) groups is 2. The van der Waals surface area contributed by atoms with Gasteiger partial charge in [-0.25, -0.2) is 4.98 Å². The summed E-state index contributed by atoms with van der Waals surface area (Å²) in [5.41, 5.74) is 0.558. The summed E-state index contributed by atoms with van der Waals surface area (Å²) in [6.45, 7) is 3.88. The third kappa shape index (κ3) is 4.39. The van der Waals surface area contributed by atoms with Crippen LogP contribution in [0.4, 0.5) is 5.13 Å². The number of aromatic nitrogens is 1. The molecule has 2 amide bonds. The van der Waals surface area contributed by atoms with Crippen LogP contribution in [0, 0.1) is 11.3 Å². The number of nitrogens with one attached hydrogen (secondary N) is 1. The monoisotopic (exact) mass is 332 g/mol. The Balaban J connectivity index is 2.11. The summed E-state index contributed by atoms with van der Waals surface area (Å²) in [4.78, 5) is 29.5. The predicted octanol–water partition coefficient (Wildman–Crippen LogP) is 2.48. The van der Waals surface area contributed by atoms with Crippen LogP contribution in [0.5, 0.6) is 0 Å². The first kappa shape index (κ1) is 17.2. The third-order valence-corrected chi connectivity index (χ3v) is 4.67. The van der Waals surface area contributed by atoms with Gasteiger partial charge in [0.05, 0.1) is 5.69 Å². The zero-order valence-electron chi connectivity index (χ0n) is 13.3. The SMILES string of the molecule is CCN(C(C)=O)c1nc(/C=C(\C#N)C(=O)NC2CCCC2)cs1. The second-order valence-electron chi connectivity index (χ2n) is 5.44. The van der Waals surface area contributed by atoms with Crippen molar-refractivity contribution in [3.63, 3.8) is 0 Å². The smallest absolute Gasteiger partial charge is 0.262 e. The Hall–Kier alpha value is -2.20. The molecule has 7 heteroatoms. The number of hydrogen-bond acceptors (Lipinski definition) is 5. The van der Waals surface area contributed by atoms with Crippen LogP contribution in [0.1, 0.15) is 45.2 Å². The molecule has 23 heavy (non-hydrogen) atoms. The van der Waals surface area contributed by atoms with Crippen molar-refractivity contribution in [2.24, 2.45) is 0 Å². The van der Waals surface area contributed by atoms with Gasteiger partial charge in [-0.2, -0.15) is 5.26 Å². The summed E-state index contributed by atoms with van der Waals surface area (Å²) < 4.78 is 0. The van der Waals surface area contributed by atoms with Gasteiger partial charge in [0.25, 0.3) is 5.91 Å². The van der Waals surface area contributed by atoms with Gasteiger partial charge in [0.15, 0.2) is 5.13 Å². The number of thiazole rings is 1. The largest absolute Gasteiger partial charge is 0.349 e. The molecule has 2 rings (SSSR count). The highest BCUT2D eigenvalue weighted by atomic mass is 32.1. The van der Waals surface area contributed by atoms with Crippen molar-refractivity contribution < 1.29 is 9.59 Å². The summed E-state index contributed by atoms with van der Waals surface area (Å²) in [7, 11) is 0. The molecule has 1 aromatic heterocycles. The molecule has 1 saturated carbocycles. The lowest BCUT2D eigenvalue weighted by molar-refractivity contribution is -0.118. The van der Waals surface area contributed by atoms with E-state index < -0.39 is 0 Å². The molecule has 0 spiro atoms. The molecule has 1 aromatic rings. The van der Waals surface area contributed by atoms with Crippen LogP contribution in [0.25, 0.3) is 6.08 Å². The number of nitrogens with zero attached hydrogens (tertiary/aromatic N) is 3. The lowest BCUT2D eigenvalue weighted by Gasteiger charge is -2.14. The maximum Gasteiger partial charge on any atom is 0.262 e. The minimum absolute atomic E-state index is 0.0413. The number of amides is 2. The van der Waals surface area contributed by atoms with Crippen LogP contribution < -0.4 is 10.2 Å². The van der Waals surface area contributed by atoms with E-state index in [0.29, 0.717) is 17.4 Å². The molecule has 0 aliphatic heterocycles. The Morgan fingerprint density at radius 2 is 2.22 bits per heavy atom. The van der Waals surface area contributed by atoms with Crippen LogP contribution >= 0.6 is 11.3 Å². The minimum Gasteiger partial charge on any atom is -0.349 e. The summed E-state index contributed by atoms with van der Waals surface area (Å²) >= 11 is 1.32. The van der Waals surface area contributed by atoms with Crippen LogP contribution in [-0.4, -0.2) is 29.4 Å². The lowest BCUT2D eigenvalue weighted by atomic mass is 10.2. The van der Waals surface area contributed by atoms with Gasteiger partial charge in [-0.15, -0.1) is 11.3 Å². The summed E-state index contributed by atoms with van der Waals surface area (Å²) in [6.07, 6.45) is 5.64. The van der Waals surface area contributed by atoms with Crippen molar-refractivity contribution in [3.05, 3.63) is 16.6 Å². The molecule has 0 atom stereocenters. The Morgan fingerprint density at radius 1 is 1.52 bits per heavy atom. The first-order chi connectivity index (χ1) is 11.0. The number of carbonyl (C=O) groups excluding carboxylic acids is 2. The van der Waals surface area contributed by atoms with E-state index >= 15 is 0 Å². The normalized spacial score (nSPS) is 15.3. The molecular weight excluding hydrogens is 312 g/mol. The van der Waals surface area contributed by atoms with Gasteiger partial charge in [-0.1, -0.05) is 12.8 Å². The highest BCUT2D eigenvalue weighted by Crippen LogP contribution is 2.22. The Morgan fingerprint density at radius 3 is 2.78 bits per heavy atom. The third-order valence-electron chi connectivity index (χ3n) is 3.78. The first-order valence-electron chi connectivity index (χ1n) is 7.71. The number of anilines is 1. The van der Waals surface area contributed by atoms with E-state index in [-0.39, 0.29) is 23.4 Å². The van der Waals surface area contributed by atoms with Crippen LogP contribution in [0.3, 0.4) is 0 Å². The van der Waals surface area contributed by atoms with Crippen molar-refractivity contribution in [3.8, 4) is 6.07 Å². The standard InChI is InChI=1S/C16H20N4O2S/c1-3-20(11(2)21)16-19-14(10-23-16)8-12(9-17)15(22)18-13-6-4-5-7-13/h8,10,13H,3-7H2,1-2H3,(H,18,22)/b12-8+. The molecule has 0 radical (unpaired) electrons. The zero-order chi connectivity index (χ0) is 16.8. The molecule has 0 saturated heterocycles. The molecule has 1 heterocycles. The fraction of sp³-hybridized carbons (Fsp3) is 0.500. The van der Waals surface area contributed by atoms with E-state index in [1.807, 2.05) is 13.0 Å². The van der Waals surface area contributed by atoms with Gasteiger partial charge < -0.3 is 5.32 Å². The molecule has 1 aliphatic carbocycles. The Kier molecular flexibility index (Phi) is 5.88. The van der Waals surface area contributed by atoms with Crippen LogP contribution in [0.15, 0.2) is 11.0 Å². The minimum atomic E-state index is -0.354. The summed E-state index contributed by atoms with van der Waals surface area (Å²) in [5, 5.41) is 14.4. The van der Waals surface area contributed by atoms with Gasteiger partial charge in [0.1, 0.15) is 11.6 Å². The molecule has 0 bridgehead atoms. The molecule has 1 fully saturated rings. The fourth-order valence-electron chi connectivity index (χ4n) is 2.59. The molecular formula is C16H20N4O2S. The van der Waals surface area contributed by atoms with Gasteiger partial charge in [-0.3, -0.25) is 14.5 Å². The maximum absolute atomic E-state index is 12.1. The number of hydrogen-bond donors (Lipinski definition) is 1. The van der Waals surface area contributed by atoms with E-state index in [9.17, 15) is 14.9 Å². The van der Waals surface area contributed by atoms with Crippen molar-refractivity contribution in [1.29, 1.82) is 5.26 Å². The molecule has 1 aliphatic rings. The van der Waals surface area contributed by atoms with E-state index in [1.54, 1.807) is 10.3 Å². The highest BCUT2D eigenvalue weighted by Gasteiger charge is 2.20. The molecule has 0 unspecified atom stereocenters. The van der Waals surface area contributed by atoms with E-state index in [0.717, 1.165) is 25.7 Å². The zero-order valence-corrected chi connectivity index (χ0v) is 14.2. The Bertz CT molecular complexity index is 653. The number of rotatable bonds is 5. The van der Waals surface area contributed by atoms with Crippen molar-refractivity contribution in [2.75, 3.05) is 11.4 Å². The average Bonchev–Trinajstić information content (AvgIpc) is 3.17. The fourth-order valence-corrected chi connectivity index (χ4v) is 3.48. The van der Waals surface area contributed by atoms with Gasteiger partial charge in [0.2, 0.25) is 5.91 Å². The van der Waals surface area contributed by atoms with Gasteiger partial charge in [-0.05, 0) is 25.8 Å². The number of nitriles is 1. The lowest BCUT2D eigenvalue weighted by Crippen LogP contribution is -2.33. The Labute approximate surface area is 139 Å². The topological polar surface area (TPSA) is 86.1 Å². The molecule has 0 aromatic carbocycles. The molecule has 1 N–H and O–H groups in total. The van der Waals surface area contributed by atoms with E-state index in [4.69, 9.17) is 0 Å². The second-order valence-corrected chi connectivity index (χ2v) is 6.28. The van der Waals surface area contributed by atoms with E-state index in [1.165, 1.54) is 24.3 Å². The van der Waals surface area contributed by atoms with Gasteiger partial charge >= 0.3 is 0 Å². The van der Waals surface area contributed by atoms with E-state index in [2.05, 4.69) is 10.3 Å². The quantitative estimate of drug-likeness (QED) is 0.663. The van der Waals surface area contributed by atoms with Crippen molar-refractivity contribution in [2.45, 2.75) is 45.6 Å². The van der Waals surface area contributed by atoms with Crippen LogP contribution in [-0.2, 0) is 9.59 Å². The van der Waals surface area contributed by atoms with Crippen LogP contribution in [0.2, 0.25) is 0 Å². The predicted molar refractivity (Wildman–Crippen MR) is 89.8 cm³/mol. The first-order valence-corrected chi connectivity index (χ1v) is 8.59. The maximum atomic E-state index is 12.1. The average molecular weight is 332 g/mol. The van der Waals surface area contributed by atoms with Gasteiger partial charge in [0, 0.05) is 24.9 Å². The molecule has 122 valence electrons.